The van der Waals surface area contributed by atoms with E-state index in [1.807, 2.05) is 0 Å². The largest absolute Gasteiger partial charge is 0.497 e. The topological polar surface area (TPSA) is 64.6 Å². The lowest BCUT2D eigenvalue weighted by molar-refractivity contribution is -0.143. The molecule has 0 aliphatic heterocycles. The quantitative estimate of drug-likeness (QED) is 0.762. The number of hydrogen-bond acceptors (Lipinski definition) is 4. The summed E-state index contributed by atoms with van der Waals surface area (Å²) >= 11 is 5.93. The molecule has 0 heterocycles. The van der Waals surface area contributed by atoms with Gasteiger partial charge in [-0.2, -0.15) is 0 Å². The summed E-state index contributed by atoms with van der Waals surface area (Å²) in [5, 5.41) is 3.34. The molecule has 0 aromatic heterocycles. The van der Waals surface area contributed by atoms with Crippen LogP contribution >= 0.6 is 11.6 Å². The average Bonchev–Trinajstić information content (AvgIpc) is 2.61. The van der Waals surface area contributed by atoms with Crippen molar-refractivity contribution in [2.75, 3.05) is 13.7 Å². The maximum Gasteiger partial charge on any atom is 0.308 e. The van der Waals surface area contributed by atoms with Gasteiger partial charge in [0.05, 0.1) is 26.2 Å². The summed E-state index contributed by atoms with van der Waals surface area (Å²) in [5.41, 5.74) is 1.21. The number of carbonyl (C=O) groups is 2. The molecule has 0 aliphatic rings. The second kappa shape index (κ2) is 9.08. The number of halogens is 1. The first-order chi connectivity index (χ1) is 12.0. The Hall–Kier alpha value is -2.53. The molecule has 6 heteroatoms. The third kappa shape index (κ3) is 5.50. The van der Waals surface area contributed by atoms with Gasteiger partial charge in [0, 0.05) is 10.6 Å². The molecule has 0 saturated heterocycles. The Balaban J connectivity index is 2.20. The lowest BCUT2D eigenvalue weighted by atomic mass is 10.0. The molecule has 5 nitrogen and oxygen atoms in total. The number of benzene rings is 2. The van der Waals surface area contributed by atoms with Crippen LogP contribution in [0.4, 0.5) is 0 Å². The van der Waals surface area contributed by atoms with Gasteiger partial charge in [-0.25, -0.2) is 0 Å². The molecule has 0 fully saturated rings. The Labute approximate surface area is 151 Å². The van der Waals surface area contributed by atoms with Crippen molar-refractivity contribution in [2.24, 2.45) is 0 Å². The number of nitrogens with one attached hydrogen (secondary N) is 1. The van der Waals surface area contributed by atoms with Crippen molar-refractivity contribution < 1.29 is 19.1 Å². The molecule has 0 spiro atoms. The standard InChI is InChI=1S/C19H20ClNO4/c1-3-25-18(22)12-17(13-7-9-16(24-2)10-8-13)21-19(23)14-5-4-6-15(20)11-14/h4-11,17H,3,12H2,1-2H3,(H,21,23)/t17-/m0/s1. The second-order valence-corrected chi connectivity index (χ2v) is 5.76. The molecule has 0 unspecified atom stereocenters. The average molecular weight is 362 g/mol. The van der Waals surface area contributed by atoms with E-state index in [4.69, 9.17) is 21.1 Å². The van der Waals surface area contributed by atoms with Crippen molar-refractivity contribution in [3.63, 3.8) is 0 Å². The van der Waals surface area contributed by atoms with E-state index in [1.54, 1.807) is 62.6 Å². The zero-order valence-corrected chi connectivity index (χ0v) is 14.9. The summed E-state index contributed by atoms with van der Waals surface area (Å²) in [6, 6.07) is 13.3. The van der Waals surface area contributed by atoms with E-state index < -0.39 is 6.04 Å². The van der Waals surface area contributed by atoms with Crippen LogP contribution in [-0.4, -0.2) is 25.6 Å². The van der Waals surface area contributed by atoms with Crippen LogP contribution in [0.1, 0.15) is 35.3 Å². The van der Waals surface area contributed by atoms with Gasteiger partial charge in [-0.15, -0.1) is 0 Å². The minimum atomic E-state index is -0.517. The van der Waals surface area contributed by atoms with Gasteiger partial charge in [0.25, 0.3) is 5.91 Å². The smallest absolute Gasteiger partial charge is 0.308 e. The van der Waals surface area contributed by atoms with Crippen molar-refractivity contribution >= 4 is 23.5 Å². The van der Waals surface area contributed by atoms with Crippen molar-refractivity contribution in [3.8, 4) is 5.75 Å². The van der Waals surface area contributed by atoms with Crippen LogP contribution in [0.5, 0.6) is 5.75 Å². The predicted molar refractivity (Wildman–Crippen MR) is 95.9 cm³/mol. The summed E-state index contributed by atoms with van der Waals surface area (Å²) in [7, 11) is 1.58. The Morgan fingerprint density at radius 1 is 1.16 bits per heavy atom. The third-order valence-electron chi connectivity index (χ3n) is 3.59. The van der Waals surface area contributed by atoms with Crippen molar-refractivity contribution in [1.29, 1.82) is 0 Å². The lowest BCUT2D eigenvalue weighted by Crippen LogP contribution is -2.30. The van der Waals surface area contributed by atoms with E-state index in [2.05, 4.69) is 5.32 Å². The molecule has 0 bridgehead atoms. The highest BCUT2D eigenvalue weighted by molar-refractivity contribution is 6.30. The van der Waals surface area contributed by atoms with Gasteiger partial charge >= 0.3 is 5.97 Å². The Bertz CT molecular complexity index is 730. The maximum atomic E-state index is 12.5. The summed E-state index contributed by atoms with van der Waals surface area (Å²) in [6.45, 7) is 2.03. The Kier molecular flexibility index (Phi) is 6.83. The van der Waals surface area contributed by atoms with Crippen LogP contribution in [-0.2, 0) is 9.53 Å². The first-order valence-electron chi connectivity index (χ1n) is 7.89. The van der Waals surface area contributed by atoms with Crippen LogP contribution in [0.15, 0.2) is 48.5 Å². The fourth-order valence-electron chi connectivity index (χ4n) is 2.35. The van der Waals surface area contributed by atoms with E-state index in [0.29, 0.717) is 16.3 Å². The van der Waals surface area contributed by atoms with Crippen molar-refractivity contribution in [2.45, 2.75) is 19.4 Å². The lowest BCUT2D eigenvalue weighted by Gasteiger charge is -2.19. The zero-order chi connectivity index (χ0) is 18.2. The summed E-state index contributed by atoms with van der Waals surface area (Å²) in [4.78, 5) is 24.4. The molecule has 1 amide bonds. The number of methoxy groups -OCH3 is 1. The van der Waals surface area contributed by atoms with Gasteiger partial charge in [-0.1, -0.05) is 29.8 Å². The molecule has 25 heavy (non-hydrogen) atoms. The SMILES string of the molecule is CCOC(=O)C[C@H](NC(=O)c1cccc(Cl)c1)c1ccc(OC)cc1. The zero-order valence-electron chi connectivity index (χ0n) is 14.1. The number of hydrogen-bond donors (Lipinski definition) is 1. The second-order valence-electron chi connectivity index (χ2n) is 5.32. The van der Waals surface area contributed by atoms with E-state index in [0.717, 1.165) is 5.56 Å². The number of carbonyl (C=O) groups excluding carboxylic acids is 2. The van der Waals surface area contributed by atoms with E-state index in [9.17, 15) is 9.59 Å². The maximum absolute atomic E-state index is 12.5. The fraction of sp³-hybridized carbons (Fsp3) is 0.263. The van der Waals surface area contributed by atoms with Gasteiger partial charge in [-0.05, 0) is 42.8 Å². The molecular formula is C19H20ClNO4. The van der Waals surface area contributed by atoms with Gasteiger partial charge in [0.15, 0.2) is 0 Å². The fourth-order valence-corrected chi connectivity index (χ4v) is 2.54. The van der Waals surface area contributed by atoms with Crippen LogP contribution < -0.4 is 10.1 Å². The van der Waals surface area contributed by atoms with Crippen molar-refractivity contribution in [1.82, 2.24) is 5.32 Å². The van der Waals surface area contributed by atoms with Gasteiger partial charge in [0.2, 0.25) is 0 Å². The molecule has 2 aromatic rings. The van der Waals surface area contributed by atoms with Crippen LogP contribution in [0.25, 0.3) is 0 Å². The van der Waals surface area contributed by atoms with Crippen molar-refractivity contribution in [3.05, 3.63) is 64.7 Å². The monoisotopic (exact) mass is 361 g/mol. The van der Waals surface area contributed by atoms with E-state index in [1.165, 1.54) is 0 Å². The molecule has 2 rings (SSSR count). The van der Waals surface area contributed by atoms with E-state index in [-0.39, 0.29) is 24.9 Å². The number of rotatable bonds is 7. The number of esters is 1. The van der Waals surface area contributed by atoms with E-state index >= 15 is 0 Å². The Morgan fingerprint density at radius 3 is 2.48 bits per heavy atom. The molecular weight excluding hydrogens is 342 g/mol. The van der Waals surface area contributed by atoms with Crippen LogP contribution in [0.2, 0.25) is 5.02 Å². The molecule has 2 aromatic carbocycles. The normalized spacial score (nSPS) is 11.5. The Morgan fingerprint density at radius 2 is 1.88 bits per heavy atom. The van der Waals surface area contributed by atoms with Crippen LogP contribution in [0.3, 0.4) is 0 Å². The molecule has 0 aliphatic carbocycles. The summed E-state index contributed by atoms with van der Waals surface area (Å²) in [6.07, 6.45) is 0.0342. The first-order valence-corrected chi connectivity index (χ1v) is 8.27. The third-order valence-corrected chi connectivity index (χ3v) is 3.82. The van der Waals surface area contributed by atoms with Gasteiger partial charge < -0.3 is 14.8 Å². The predicted octanol–water partition coefficient (Wildman–Crippen LogP) is 3.77. The molecule has 0 radical (unpaired) electrons. The molecule has 1 atom stereocenters. The molecule has 0 saturated carbocycles. The highest BCUT2D eigenvalue weighted by Gasteiger charge is 2.20. The number of amides is 1. The van der Waals surface area contributed by atoms with Crippen LogP contribution in [0, 0.1) is 0 Å². The van der Waals surface area contributed by atoms with Gasteiger partial charge in [0.1, 0.15) is 5.75 Å². The number of ether oxygens (including phenoxy) is 2. The minimum absolute atomic E-state index is 0.0342. The van der Waals surface area contributed by atoms with Gasteiger partial charge in [-0.3, -0.25) is 9.59 Å². The highest BCUT2D eigenvalue weighted by Crippen LogP contribution is 2.22. The minimum Gasteiger partial charge on any atom is -0.497 e. The molecule has 132 valence electrons. The molecule has 1 N–H and O–H groups in total. The first kappa shape index (κ1) is 18.8. The summed E-state index contributed by atoms with van der Waals surface area (Å²) in [5.74, 6) is 0.00197. The highest BCUT2D eigenvalue weighted by atomic mass is 35.5. The summed E-state index contributed by atoms with van der Waals surface area (Å²) < 4.78 is 10.1.